The molecule has 3 aliphatic heterocycles. The molecule has 1 aromatic carbocycles. The summed E-state index contributed by atoms with van der Waals surface area (Å²) < 4.78 is 5.43. The van der Waals surface area contributed by atoms with Crippen LogP contribution in [0.4, 0.5) is 17.3 Å². The predicted molar refractivity (Wildman–Crippen MR) is 132 cm³/mol. The standard InChI is InChI=1S/C23H26Cl2N6O4/c24-18-11-16-13-30(6-3-17(16)21(25)22(18)31(33)34)23(32)15-1-4-28(5-2-15)19-12-20(27-14-26-19)29-7-9-35-10-8-29/h11-12,14-15H,1-10,13H2. The molecule has 2 fully saturated rings. The largest absolute Gasteiger partial charge is 0.378 e. The van der Waals surface area contributed by atoms with Gasteiger partial charge in [0, 0.05) is 51.3 Å². The lowest BCUT2D eigenvalue weighted by molar-refractivity contribution is -0.384. The molecule has 0 radical (unpaired) electrons. The van der Waals surface area contributed by atoms with Crippen LogP contribution < -0.4 is 9.80 Å². The van der Waals surface area contributed by atoms with Crippen LogP contribution in [0.2, 0.25) is 10.0 Å². The molecule has 0 unspecified atom stereocenters. The summed E-state index contributed by atoms with van der Waals surface area (Å²) in [4.78, 5) is 39.2. The molecular weight excluding hydrogens is 495 g/mol. The van der Waals surface area contributed by atoms with E-state index in [1.54, 1.807) is 12.4 Å². The molecule has 0 atom stereocenters. The van der Waals surface area contributed by atoms with E-state index >= 15 is 0 Å². The van der Waals surface area contributed by atoms with Gasteiger partial charge in [0.15, 0.2) is 0 Å². The van der Waals surface area contributed by atoms with Gasteiger partial charge in [-0.1, -0.05) is 23.2 Å². The van der Waals surface area contributed by atoms with Gasteiger partial charge in [-0.2, -0.15) is 0 Å². The van der Waals surface area contributed by atoms with Crippen LogP contribution in [0.3, 0.4) is 0 Å². The fourth-order valence-corrected chi connectivity index (χ4v) is 5.81. The third-order valence-corrected chi connectivity index (χ3v) is 7.71. The monoisotopic (exact) mass is 520 g/mol. The summed E-state index contributed by atoms with van der Waals surface area (Å²) in [5.74, 6) is 1.82. The maximum Gasteiger partial charge on any atom is 0.306 e. The molecule has 0 spiro atoms. The number of fused-ring (bicyclic) bond motifs is 1. The third-order valence-electron chi connectivity index (χ3n) is 7.02. The van der Waals surface area contributed by atoms with Crippen molar-refractivity contribution in [2.75, 3.05) is 55.7 Å². The minimum atomic E-state index is -0.558. The van der Waals surface area contributed by atoms with E-state index in [9.17, 15) is 14.9 Å². The molecule has 2 saturated heterocycles. The van der Waals surface area contributed by atoms with Gasteiger partial charge in [0.25, 0.3) is 0 Å². The molecule has 5 rings (SSSR count). The molecule has 10 nitrogen and oxygen atoms in total. The highest BCUT2D eigenvalue weighted by molar-refractivity contribution is 6.38. The number of amides is 1. The molecule has 1 aromatic heterocycles. The minimum absolute atomic E-state index is 0.00246. The summed E-state index contributed by atoms with van der Waals surface area (Å²) >= 11 is 12.4. The molecule has 0 saturated carbocycles. The highest BCUT2D eigenvalue weighted by Gasteiger charge is 2.33. The topological polar surface area (TPSA) is 105 Å². The van der Waals surface area contributed by atoms with Crippen LogP contribution in [0, 0.1) is 16.0 Å². The number of morpholine rings is 1. The number of hydrogen-bond acceptors (Lipinski definition) is 8. The van der Waals surface area contributed by atoms with Crippen molar-refractivity contribution in [2.45, 2.75) is 25.8 Å². The van der Waals surface area contributed by atoms with Crippen LogP contribution in [0.25, 0.3) is 0 Å². The number of nitrogens with zero attached hydrogens (tertiary/aromatic N) is 6. The molecule has 2 aromatic rings. The number of carbonyl (C=O) groups excluding carboxylic acids is 1. The van der Waals surface area contributed by atoms with Crippen LogP contribution in [-0.2, 0) is 22.5 Å². The van der Waals surface area contributed by atoms with E-state index in [0.717, 1.165) is 56.2 Å². The number of carbonyl (C=O) groups is 1. The summed E-state index contributed by atoms with van der Waals surface area (Å²) in [6, 6.07) is 3.59. The minimum Gasteiger partial charge on any atom is -0.378 e. The number of halogens is 2. The fraction of sp³-hybridized carbons (Fsp3) is 0.522. The van der Waals surface area contributed by atoms with E-state index in [4.69, 9.17) is 27.9 Å². The van der Waals surface area contributed by atoms with Gasteiger partial charge in [-0.05, 0) is 36.5 Å². The first-order valence-electron chi connectivity index (χ1n) is 11.7. The van der Waals surface area contributed by atoms with Crippen LogP contribution in [0.15, 0.2) is 18.5 Å². The molecule has 4 heterocycles. The van der Waals surface area contributed by atoms with Crippen molar-refractivity contribution in [3.63, 3.8) is 0 Å². The Balaban J connectivity index is 1.22. The van der Waals surface area contributed by atoms with E-state index in [2.05, 4.69) is 19.8 Å². The molecule has 186 valence electrons. The molecule has 0 aliphatic carbocycles. The average Bonchev–Trinajstić information content (AvgIpc) is 2.88. The third kappa shape index (κ3) is 4.87. The van der Waals surface area contributed by atoms with E-state index in [0.29, 0.717) is 38.3 Å². The molecule has 0 bridgehead atoms. The van der Waals surface area contributed by atoms with Crippen molar-refractivity contribution >= 4 is 46.4 Å². The highest BCUT2D eigenvalue weighted by Crippen LogP contribution is 2.40. The first-order valence-corrected chi connectivity index (χ1v) is 12.5. The molecule has 1 amide bonds. The Kier molecular flexibility index (Phi) is 6.95. The van der Waals surface area contributed by atoms with Crippen LogP contribution in [-0.4, -0.2) is 71.6 Å². The Labute approximate surface area is 212 Å². The second kappa shape index (κ2) is 10.1. The normalized spacial score (nSPS) is 19.0. The van der Waals surface area contributed by atoms with Crippen molar-refractivity contribution in [3.8, 4) is 0 Å². The number of piperidine rings is 1. The number of anilines is 2. The maximum absolute atomic E-state index is 13.3. The first-order chi connectivity index (χ1) is 16.9. The number of hydrogen-bond donors (Lipinski definition) is 0. The highest BCUT2D eigenvalue weighted by atomic mass is 35.5. The summed E-state index contributed by atoms with van der Waals surface area (Å²) in [6.45, 7) is 5.35. The zero-order chi connectivity index (χ0) is 24.5. The van der Waals surface area contributed by atoms with Gasteiger partial charge in [0.2, 0.25) is 5.91 Å². The summed E-state index contributed by atoms with van der Waals surface area (Å²) in [6.07, 6.45) is 3.55. The SMILES string of the molecule is O=C(C1CCN(c2cc(N3CCOCC3)ncn2)CC1)N1CCc2c(cc(Cl)c([N+](=O)[O-])c2Cl)C1. The van der Waals surface area contributed by atoms with Crippen molar-refractivity contribution in [1.29, 1.82) is 0 Å². The fourth-order valence-electron chi connectivity index (χ4n) is 5.08. The summed E-state index contributed by atoms with van der Waals surface area (Å²) in [5, 5.41) is 11.4. The average molecular weight is 521 g/mol. The van der Waals surface area contributed by atoms with Gasteiger partial charge in [0.1, 0.15) is 28.0 Å². The summed E-state index contributed by atoms with van der Waals surface area (Å²) in [5.41, 5.74) is 1.22. The van der Waals surface area contributed by atoms with Crippen LogP contribution >= 0.6 is 23.2 Å². The van der Waals surface area contributed by atoms with Gasteiger partial charge < -0.3 is 19.4 Å². The zero-order valence-electron chi connectivity index (χ0n) is 19.2. The molecule has 0 N–H and O–H groups in total. The van der Waals surface area contributed by atoms with E-state index in [1.165, 1.54) is 0 Å². The zero-order valence-corrected chi connectivity index (χ0v) is 20.7. The number of aromatic nitrogens is 2. The van der Waals surface area contributed by atoms with Crippen molar-refractivity contribution < 1.29 is 14.5 Å². The Morgan fingerprint density at radius 2 is 1.69 bits per heavy atom. The lowest BCUT2D eigenvalue weighted by Crippen LogP contribution is -2.44. The molecule has 3 aliphatic rings. The van der Waals surface area contributed by atoms with E-state index < -0.39 is 4.92 Å². The Morgan fingerprint density at radius 1 is 1.03 bits per heavy atom. The number of ether oxygens (including phenoxy) is 1. The Bertz CT molecular complexity index is 1140. The maximum atomic E-state index is 13.3. The quantitative estimate of drug-likeness (QED) is 0.446. The Morgan fingerprint density at radius 3 is 2.34 bits per heavy atom. The lowest BCUT2D eigenvalue weighted by atomic mass is 9.92. The Hall–Kier alpha value is -2.69. The smallest absolute Gasteiger partial charge is 0.306 e. The van der Waals surface area contributed by atoms with Gasteiger partial charge in [-0.15, -0.1) is 0 Å². The van der Waals surface area contributed by atoms with Crippen molar-refractivity contribution in [3.05, 3.63) is 49.7 Å². The van der Waals surface area contributed by atoms with Crippen LogP contribution in [0.1, 0.15) is 24.0 Å². The number of benzene rings is 1. The first kappa shape index (κ1) is 24.0. The predicted octanol–water partition coefficient (Wildman–Crippen LogP) is 3.33. The second-order valence-corrected chi connectivity index (χ2v) is 9.81. The van der Waals surface area contributed by atoms with Gasteiger partial charge in [-0.3, -0.25) is 14.9 Å². The molecular formula is C23H26Cl2N6O4. The number of nitro benzene ring substituents is 1. The van der Waals surface area contributed by atoms with Crippen molar-refractivity contribution in [1.82, 2.24) is 14.9 Å². The van der Waals surface area contributed by atoms with Gasteiger partial charge in [0.05, 0.1) is 18.1 Å². The van der Waals surface area contributed by atoms with E-state index in [1.807, 2.05) is 11.0 Å². The summed E-state index contributed by atoms with van der Waals surface area (Å²) in [7, 11) is 0. The van der Waals surface area contributed by atoms with Gasteiger partial charge in [-0.25, -0.2) is 9.97 Å². The molecule has 35 heavy (non-hydrogen) atoms. The second-order valence-electron chi connectivity index (χ2n) is 9.02. The van der Waals surface area contributed by atoms with Crippen LogP contribution in [0.5, 0.6) is 0 Å². The van der Waals surface area contributed by atoms with E-state index in [-0.39, 0.29) is 27.6 Å². The molecule has 12 heteroatoms. The van der Waals surface area contributed by atoms with Gasteiger partial charge >= 0.3 is 5.69 Å². The van der Waals surface area contributed by atoms with Crippen molar-refractivity contribution in [2.24, 2.45) is 5.92 Å². The number of nitro groups is 1. The lowest BCUT2D eigenvalue weighted by Gasteiger charge is -2.37. The number of rotatable bonds is 4.